The molecule has 0 aliphatic heterocycles. The minimum atomic E-state index is -0.101. The van der Waals surface area contributed by atoms with E-state index in [4.69, 9.17) is 5.73 Å². The molecule has 0 radical (unpaired) electrons. The molecule has 3 aromatic rings. The largest absolute Gasteiger partial charge is 0.348 e. The highest BCUT2D eigenvalue weighted by atomic mass is 16.1. The molecule has 0 spiro atoms. The number of aromatic nitrogens is 2. The molecule has 3 N–H and O–H groups in total. The summed E-state index contributed by atoms with van der Waals surface area (Å²) in [7, 11) is 1.91. The average molecular weight is 348 g/mol. The van der Waals surface area contributed by atoms with Crippen LogP contribution in [0, 0.1) is 6.92 Å². The van der Waals surface area contributed by atoms with Crippen LogP contribution in [0.15, 0.2) is 60.8 Å². The van der Waals surface area contributed by atoms with Crippen molar-refractivity contribution in [2.75, 3.05) is 6.54 Å². The molecule has 0 bridgehead atoms. The van der Waals surface area contributed by atoms with Gasteiger partial charge in [-0.15, -0.1) is 0 Å². The maximum absolute atomic E-state index is 12.6. The molecule has 1 unspecified atom stereocenters. The van der Waals surface area contributed by atoms with E-state index in [0.717, 1.165) is 28.8 Å². The van der Waals surface area contributed by atoms with Crippen LogP contribution in [0.1, 0.15) is 21.5 Å². The fourth-order valence-electron chi connectivity index (χ4n) is 3.09. The molecule has 2 aromatic carbocycles. The number of nitrogens with one attached hydrogen (secondary N) is 1. The Balaban J connectivity index is 1.73. The smallest absolute Gasteiger partial charge is 0.251 e. The predicted molar refractivity (Wildman–Crippen MR) is 104 cm³/mol. The summed E-state index contributed by atoms with van der Waals surface area (Å²) in [5.74, 6) is -0.101. The predicted octanol–water partition coefficient (Wildman–Crippen LogP) is 2.70. The average Bonchev–Trinajstić information content (AvgIpc) is 3.07. The first-order chi connectivity index (χ1) is 12.6. The van der Waals surface area contributed by atoms with Gasteiger partial charge in [0.05, 0.1) is 5.69 Å². The van der Waals surface area contributed by atoms with Gasteiger partial charge in [-0.05, 0) is 42.7 Å². The molecular weight excluding hydrogens is 324 g/mol. The molecule has 1 amide bonds. The summed E-state index contributed by atoms with van der Waals surface area (Å²) in [6.07, 6.45) is 2.49. The van der Waals surface area contributed by atoms with E-state index in [1.54, 1.807) is 6.20 Å². The van der Waals surface area contributed by atoms with Crippen LogP contribution in [0.25, 0.3) is 11.3 Å². The highest BCUT2D eigenvalue weighted by Crippen LogP contribution is 2.23. The number of aryl methyl sites for hydroxylation is 2. The zero-order chi connectivity index (χ0) is 18.5. The first-order valence-electron chi connectivity index (χ1n) is 8.72. The molecule has 1 heterocycles. The molecule has 26 heavy (non-hydrogen) atoms. The molecule has 5 heteroatoms. The molecule has 3 rings (SSSR count). The molecular formula is C21H24N4O. The molecule has 0 saturated heterocycles. The molecule has 134 valence electrons. The van der Waals surface area contributed by atoms with E-state index in [0.29, 0.717) is 12.1 Å². The quantitative estimate of drug-likeness (QED) is 0.719. The van der Waals surface area contributed by atoms with Crippen molar-refractivity contribution in [3.05, 3.63) is 77.5 Å². The number of carbonyl (C=O) groups excluding carboxylic acids is 1. The van der Waals surface area contributed by atoms with Crippen LogP contribution in [-0.2, 0) is 13.5 Å². The van der Waals surface area contributed by atoms with Gasteiger partial charge in [-0.1, -0.05) is 36.4 Å². The lowest BCUT2D eigenvalue weighted by Gasteiger charge is -2.17. The van der Waals surface area contributed by atoms with Crippen molar-refractivity contribution >= 4 is 5.91 Å². The second-order valence-corrected chi connectivity index (χ2v) is 6.47. The second-order valence-electron chi connectivity index (χ2n) is 6.47. The van der Waals surface area contributed by atoms with Gasteiger partial charge in [0, 0.05) is 37.0 Å². The zero-order valence-electron chi connectivity index (χ0n) is 15.1. The van der Waals surface area contributed by atoms with E-state index < -0.39 is 0 Å². The van der Waals surface area contributed by atoms with Gasteiger partial charge in [0.15, 0.2) is 0 Å². The molecule has 5 nitrogen and oxygen atoms in total. The molecule has 0 saturated carbocycles. The molecule has 0 aliphatic rings. The van der Waals surface area contributed by atoms with Crippen LogP contribution >= 0.6 is 0 Å². The van der Waals surface area contributed by atoms with Crippen molar-refractivity contribution in [3.63, 3.8) is 0 Å². The standard InChI is InChI=1S/C21H24N4O/c1-15-12-17(8-9-19(15)20-10-11-23-25(20)2)21(26)24-18(14-22)13-16-6-4-3-5-7-16/h3-12,18H,13-14,22H2,1-2H3,(H,24,26). The normalized spacial score (nSPS) is 12.0. The number of rotatable bonds is 6. The highest BCUT2D eigenvalue weighted by molar-refractivity contribution is 5.95. The molecule has 1 aromatic heterocycles. The number of nitrogens with zero attached hydrogens (tertiary/aromatic N) is 2. The minimum absolute atomic E-state index is 0.0954. The van der Waals surface area contributed by atoms with Gasteiger partial charge in [-0.2, -0.15) is 5.10 Å². The fourth-order valence-corrected chi connectivity index (χ4v) is 3.09. The summed E-state index contributed by atoms with van der Waals surface area (Å²) >= 11 is 0. The number of benzene rings is 2. The van der Waals surface area contributed by atoms with Crippen LogP contribution in [0.5, 0.6) is 0 Å². The van der Waals surface area contributed by atoms with E-state index >= 15 is 0 Å². The molecule has 0 fully saturated rings. The first-order valence-corrected chi connectivity index (χ1v) is 8.72. The summed E-state index contributed by atoms with van der Waals surface area (Å²) in [5.41, 5.74) is 10.8. The number of amides is 1. The van der Waals surface area contributed by atoms with E-state index in [2.05, 4.69) is 10.4 Å². The Hall–Kier alpha value is -2.92. The Morgan fingerprint density at radius 1 is 1.19 bits per heavy atom. The lowest BCUT2D eigenvalue weighted by molar-refractivity contribution is 0.0938. The van der Waals surface area contributed by atoms with Crippen molar-refractivity contribution in [1.82, 2.24) is 15.1 Å². The summed E-state index contributed by atoms with van der Waals surface area (Å²) in [5, 5.41) is 7.25. The van der Waals surface area contributed by atoms with Crippen molar-refractivity contribution < 1.29 is 4.79 Å². The maximum Gasteiger partial charge on any atom is 0.251 e. The summed E-state index contributed by atoms with van der Waals surface area (Å²) in [4.78, 5) is 12.6. The second kappa shape index (κ2) is 7.97. The van der Waals surface area contributed by atoms with Crippen molar-refractivity contribution in [2.24, 2.45) is 12.8 Å². The van der Waals surface area contributed by atoms with Gasteiger partial charge in [0.2, 0.25) is 0 Å². The number of carbonyl (C=O) groups is 1. The summed E-state index contributed by atoms with van der Waals surface area (Å²) < 4.78 is 1.83. The van der Waals surface area contributed by atoms with Crippen LogP contribution in [0.3, 0.4) is 0 Å². The van der Waals surface area contributed by atoms with E-state index in [1.165, 1.54) is 0 Å². The Morgan fingerprint density at radius 3 is 2.58 bits per heavy atom. The molecule has 0 aliphatic carbocycles. The lowest BCUT2D eigenvalue weighted by Crippen LogP contribution is -2.41. The summed E-state index contributed by atoms with van der Waals surface area (Å²) in [6, 6.07) is 17.6. The van der Waals surface area contributed by atoms with E-state index in [-0.39, 0.29) is 11.9 Å². The zero-order valence-corrected chi connectivity index (χ0v) is 15.1. The van der Waals surface area contributed by atoms with Crippen molar-refractivity contribution in [2.45, 2.75) is 19.4 Å². The Morgan fingerprint density at radius 2 is 1.96 bits per heavy atom. The highest BCUT2D eigenvalue weighted by Gasteiger charge is 2.15. The molecule has 1 atom stereocenters. The number of hydrogen-bond donors (Lipinski definition) is 2. The van der Waals surface area contributed by atoms with Crippen LogP contribution in [0.2, 0.25) is 0 Å². The fraction of sp³-hybridized carbons (Fsp3) is 0.238. The topological polar surface area (TPSA) is 72.9 Å². The van der Waals surface area contributed by atoms with Crippen molar-refractivity contribution in [1.29, 1.82) is 0 Å². The van der Waals surface area contributed by atoms with Gasteiger partial charge in [0.25, 0.3) is 5.91 Å². The minimum Gasteiger partial charge on any atom is -0.348 e. The van der Waals surface area contributed by atoms with E-state index in [9.17, 15) is 4.79 Å². The van der Waals surface area contributed by atoms with E-state index in [1.807, 2.05) is 73.3 Å². The third kappa shape index (κ3) is 4.00. The number of hydrogen-bond acceptors (Lipinski definition) is 3. The third-order valence-corrected chi connectivity index (χ3v) is 4.53. The Kier molecular flexibility index (Phi) is 5.49. The van der Waals surface area contributed by atoms with Gasteiger partial charge in [0.1, 0.15) is 0 Å². The SMILES string of the molecule is Cc1cc(C(=O)NC(CN)Cc2ccccc2)ccc1-c1ccnn1C. The third-order valence-electron chi connectivity index (χ3n) is 4.53. The number of nitrogens with two attached hydrogens (primary N) is 1. The lowest BCUT2D eigenvalue weighted by atomic mass is 10.0. The van der Waals surface area contributed by atoms with Gasteiger partial charge < -0.3 is 11.1 Å². The van der Waals surface area contributed by atoms with Gasteiger partial charge in [-0.25, -0.2) is 0 Å². The van der Waals surface area contributed by atoms with Crippen LogP contribution in [0.4, 0.5) is 0 Å². The van der Waals surface area contributed by atoms with Crippen molar-refractivity contribution in [3.8, 4) is 11.3 Å². The van der Waals surface area contributed by atoms with Gasteiger partial charge >= 0.3 is 0 Å². The van der Waals surface area contributed by atoms with Gasteiger partial charge in [-0.3, -0.25) is 9.48 Å². The monoisotopic (exact) mass is 348 g/mol. The Labute approximate surface area is 153 Å². The Bertz CT molecular complexity index is 886. The maximum atomic E-state index is 12.6. The van der Waals surface area contributed by atoms with Crippen LogP contribution < -0.4 is 11.1 Å². The van der Waals surface area contributed by atoms with Crippen LogP contribution in [-0.4, -0.2) is 28.3 Å². The summed E-state index contributed by atoms with van der Waals surface area (Å²) in [6.45, 7) is 2.40. The first kappa shape index (κ1) is 17.9.